The summed E-state index contributed by atoms with van der Waals surface area (Å²) in [6.45, 7) is 0.585. The number of aromatic nitrogens is 3. The van der Waals surface area contributed by atoms with Crippen LogP contribution in [0, 0.1) is 0 Å². The van der Waals surface area contributed by atoms with Gasteiger partial charge in [-0.3, -0.25) is 0 Å². The van der Waals surface area contributed by atoms with Gasteiger partial charge < -0.3 is 20.5 Å². The Kier molecular flexibility index (Phi) is 3.24. The van der Waals surface area contributed by atoms with Crippen molar-refractivity contribution in [2.75, 3.05) is 24.7 Å². The van der Waals surface area contributed by atoms with Gasteiger partial charge in [0.1, 0.15) is 11.9 Å². The SMILES string of the molecule is COc1nc(N)nc(NCC2Cc3ccccc3O2)n1. The largest absolute Gasteiger partial charge is 0.488 e. The smallest absolute Gasteiger partial charge is 0.322 e. The lowest BCUT2D eigenvalue weighted by Gasteiger charge is -2.12. The maximum Gasteiger partial charge on any atom is 0.322 e. The molecule has 1 aliphatic rings. The molecule has 3 rings (SSSR count). The number of hydrogen-bond acceptors (Lipinski definition) is 7. The third-order valence-corrected chi connectivity index (χ3v) is 3.02. The van der Waals surface area contributed by atoms with E-state index < -0.39 is 0 Å². The van der Waals surface area contributed by atoms with E-state index in [2.05, 4.69) is 26.3 Å². The van der Waals surface area contributed by atoms with Crippen LogP contribution in [0.3, 0.4) is 0 Å². The van der Waals surface area contributed by atoms with E-state index in [0.29, 0.717) is 12.5 Å². The zero-order chi connectivity index (χ0) is 13.9. The van der Waals surface area contributed by atoms with Crippen molar-refractivity contribution in [3.63, 3.8) is 0 Å². The molecule has 1 aromatic heterocycles. The molecule has 0 aliphatic carbocycles. The normalized spacial score (nSPS) is 16.4. The zero-order valence-electron chi connectivity index (χ0n) is 11.0. The molecule has 0 saturated carbocycles. The molecular formula is C13H15N5O2. The number of nitrogens with one attached hydrogen (secondary N) is 1. The molecule has 2 heterocycles. The Morgan fingerprint density at radius 3 is 3.00 bits per heavy atom. The highest BCUT2D eigenvalue weighted by molar-refractivity contribution is 5.38. The average molecular weight is 273 g/mol. The van der Waals surface area contributed by atoms with Crippen LogP contribution in [0.4, 0.5) is 11.9 Å². The standard InChI is InChI=1S/C13H15N5O2/c1-19-13-17-11(14)16-12(18-13)15-7-9-6-8-4-2-3-5-10(8)20-9/h2-5,9H,6-7H2,1H3,(H3,14,15,16,17,18). The second-order valence-corrected chi connectivity index (χ2v) is 4.44. The molecule has 0 fully saturated rings. The van der Waals surface area contributed by atoms with Crippen LogP contribution in [-0.2, 0) is 6.42 Å². The van der Waals surface area contributed by atoms with Crippen molar-refractivity contribution in [1.82, 2.24) is 15.0 Å². The van der Waals surface area contributed by atoms with Gasteiger partial charge in [-0.1, -0.05) is 18.2 Å². The minimum absolute atomic E-state index is 0.0522. The quantitative estimate of drug-likeness (QED) is 0.853. The molecule has 0 radical (unpaired) electrons. The number of fused-ring (bicyclic) bond motifs is 1. The summed E-state index contributed by atoms with van der Waals surface area (Å²) in [7, 11) is 1.48. The van der Waals surface area contributed by atoms with Crippen LogP contribution >= 0.6 is 0 Å². The Bertz CT molecular complexity index is 594. The number of para-hydroxylation sites is 1. The number of nitrogens with zero attached hydrogens (tertiary/aromatic N) is 3. The van der Waals surface area contributed by atoms with Crippen molar-refractivity contribution in [1.29, 1.82) is 0 Å². The highest BCUT2D eigenvalue weighted by Gasteiger charge is 2.22. The number of benzene rings is 1. The summed E-state index contributed by atoms with van der Waals surface area (Å²) in [5.74, 6) is 1.44. The second kappa shape index (κ2) is 5.20. The predicted octanol–water partition coefficient (Wildman–Crippen LogP) is 0.878. The van der Waals surface area contributed by atoms with Crippen molar-refractivity contribution in [2.45, 2.75) is 12.5 Å². The molecular weight excluding hydrogens is 258 g/mol. The first-order valence-corrected chi connectivity index (χ1v) is 6.28. The van der Waals surface area contributed by atoms with Gasteiger partial charge in [-0.2, -0.15) is 15.0 Å². The Morgan fingerprint density at radius 1 is 1.35 bits per heavy atom. The molecule has 7 nitrogen and oxygen atoms in total. The monoisotopic (exact) mass is 273 g/mol. The van der Waals surface area contributed by atoms with E-state index in [1.165, 1.54) is 12.7 Å². The van der Waals surface area contributed by atoms with Crippen molar-refractivity contribution in [3.8, 4) is 11.8 Å². The van der Waals surface area contributed by atoms with Crippen LogP contribution < -0.4 is 20.5 Å². The number of methoxy groups -OCH3 is 1. The highest BCUT2D eigenvalue weighted by atomic mass is 16.5. The molecule has 3 N–H and O–H groups in total. The number of ether oxygens (including phenoxy) is 2. The van der Waals surface area contributed by atoms with Crippen LogP contribution in [0.2, 0.25) is 0 Å². The molecule has 20 heavy (non-hydrogen) atoms. The molecule has 0 amide bonds. The van der Waals surface area contributed by atoms with Gasteiger partial charge in [0.25, 0.3) is 0 Å². The van der Waals surface area contributed by atoms with E-state index in [9.17, 15) is 0 Å². The third-order valence-electron chi connectivity index (χ3n) is 3.02. The number of hydrogen-bond donors (Lipinski definition) is 2. The molecule has 0 spiro atoms. The topological polar surface area (TPSA) is 95.2 Å². The molecule has 0 bridgehead atoms. The number of anilines is 2. The number of nitrogens with two attached hydrogens (primary N) is 1. The summed E-state index contributed by atoms with van der Waals surface area (Å²) < 4.78 is 10.8. The molecule has 1 aliphatic heterocycles. The summed E-state index contributed by atoms with van der Waals surface area (Å²) in [5.41, 5.74) is 6.79. The van der Waals surface area contributed by atoms with Crippen LogP contribution in [0.15, 0.2) is 24.3 Å². The molecule has 1 aromatic carbocycles. The predicted molar refractivity (Wildman–Crippen MR) is 73.8 cm³/mol. The fourth-order valence-electron chi connectivity index (χ4n) is 2.12. The summed E-state index contributed by atoms with van der Waals surface area (Å²) in [6.07, 6.45) is 0.914. The first-order valence-electron chi connectivity index (χ1n) is 6.28. The summed E-state index contributed by atoms with van der Waals surface area (Å²) in [5, 5.41) is 3.09. The Balaban J connectivity index is 1.63. The van der Waals surface area contributed by atoms with Gasteiger partial charge in [-0.05, 0) is 11.6 Å². The Hall–Kier alpha value is -2.57. The average Bonchev–Trinajstić information content (AvgIpc) is 2.87. The molecule has 1 unspecified atom stereocenters. The van der Waals surface area contributed by atoms with Gasteiger partial charge in [-0.15, -0.1) is 0 Å². The molecule has 2 aromatic rings. The lowest BCUT2D eigenvalue weighted by molar-refractivity contribution is 0.246. The van der Waals surface area contributed by atoms with E-state index in [1.54, 1.807) is 0 Å². The minimum Gasteiger partial charge on any atom is -0.488 e. The van der Waals surface area contributed by atoms with Gasteiger partial charge >= 0.3 is 6.01 Å². The lowest BCUT2D eigenvalue weighted by atomic mass is 10.1. The molecule has 7 heteroatoms. The van der Waals surface area contributed by atoms with Gasteiger partial charge in [0.2, 0.25) is 11.9 Å². The van der Waals surface area contributed by atoms with E-state index in [0.717, 1.165) is 12.2 Å². The number of rotatable bonds is 4. The van der Waals surface area contributed by atoms with Crippen LogP contribution in [0.5, 0.6) is 11.8 Å². The Morgan fingerprint density at radius 2 is 2.20 bits per heavy atom. The molecule has 104 valence electrons. The fourth-order valence-corrected chi connectivity index (χ4v) is 2.12. The minimum atomic E-state index is 0.0522. The maximum atomic E-state index is 5.82. The van der Waals surface area contributed by atoms with Gasteiger partial charge in [0.05, 0.1) is 13.7 Å². The highest BCUT2D eigenvalue weighted by Crippen LogP contribution is 2.28. The van der Waals surface area contributed by atoms with Gasteiger partial charge in [0.15, 0.2) is 0 Å². The lowest BCUT2D eigenvalue weighted by Crippen LogP contribution is -2.25. The molecule has 1 atom stereocenters. The third kappa shape index (κ3) is 2.56. The van der Waals surface area contributed by atoms with E-state index >= 15 is 0 Å². The Labute approximate surface area is 116 Å². The first kappa shape index (κ1) is 12.5. The summed E-state index contributed by atoms with van der Waals surface area (Å²) in [6, 6.07) is 8.20. The molecule has 0 saturated heterocycles. The van der Waals surface area contributed by atoms with Crippen molar-refractivity contribution < 1.29 is 9.47 Å². The first-order chi connectivity index (χ1) is 9.74. The van der Waals surface area contributed by atoms with Crippen molar-refractivity contribution in [3.05, 3.63) is 29.8 Å². The van der Waals surface area contributed by atoms with E-state index in [4.69, 9.17) is 15.2 Å². The van der Waals surface area contributed by atoms with E-state index in [1.807, 2.05) is 18.2 Å². The van der Waals surface area contributed by atoms with Crippen LogP contribution in [0.25, 0.3) is 0 Å². The van der Waals surface area contributed by atoms with Crippen molar-refractivity contribution >= 4 is 11.9 Å². The van der Waals surface area contributed by atoms with Crippen LogP contribution in [0.1, 0.15) is 5.56 Å². The summed E-state index contributed by atoms with van der Waals surface area (Å²) >= 11 is 0. The van der Waals surface area contributed by atoms with E-state index in [-0.39, 0.29) is 18.1 Å². The number of nitrogen functional groups attached to an aromatic ring is 1. The summed E-state index contributed by atoms with van der Waals surface area (Å²) in [4.78, 5) is 11.9. The maximum absolute atomic E-state index is 5.82. The fraction of sp³-hybridized carbons (Fsp3) is 0.308. The van der Waals surface area contributed by atoms with Crippen molar-refractivity contribution in [2.24, 2.45) is 0 Å². The van der Waals surface area contributed by atoms with Gasteiger partial charge in [0, 0.05) is 6.42 Å². The second-order valence-electron chi connectivity index (χ2n) is 4.44. The zero-order valence-corrected chi connectivity index (χ0v) is 11.0. The van der Waals surface area contributed by atoms with Gasteiger partial charge in [-0.25, -0.2) is 0 Å². The van der Waals surface area contributed by atoms with Crippen LogP contribution in [-0.4, -0.2) is 34.7 Å².